The molecule has 4 heteroatoms. The molecule has 0 saturated heterocycles. The average molecular weight is 277 g/mol. The summed E-state index contributed by atoms with van der Waals surface area (Å²) in [7, 11) is 1.71. The molecule has 1 unspecified atom stereocenters. The molecule has 0 amide bonds. The molecular weight excluding hydrogens is 250 g/mol. The highest BCUT2D eigenvalue weighted by atomic mass is 16.5. The van der Waals surface area contributed by atoms with Gasteiger partial charge in [0.25, 0.3) is 0 Å². The Morgan fingerprint density at radius 3 is 2.70 bits per heavy atom. The van der Waals surface area contributed by atoms with Crippen molar-refractivity contribution in [1.29, 1.82) is 0 Å². The van der Waals surface area contributed by atoms with E-state index in [0.717, 1.165) is 38.5 Å². The van der Waals surface area contributed by atoms with Crippen molar-refractivity contribution >= 4 is 0 Å². The summed E-state index contributed by atoms with van der Waals surface area (Å²) in [5.41, 5.74) is 8.73. The maximum Gasteiger partial charge on any atom is 0.119 e. The molecule has 1 aromatic carbocycles. The summed E-state index contributed by atoms with van der Waals surface area (Å²) in [5, 5.41) is 0. The molecule has 0 fully saturated rings. The summed E-state index contributed by atoms with van der Waals surface area (Å²) in [6.45, 7) is 10.5. The number of benzene rings is 1. The van der Waals surface area contributed by atoms with E-state index in [4.69, 9.17) is 10.5 Å². The van der Waals surface area contributed by atoms with Gasteiger partial charge in [-0.25, -0.2) is 0 Å². The summed E-state index contributed by atoms with van der Waals surface area (Å²) in [6, 6.07) is 6.69. The number of hydrogen-bond donors (Lipinski definition) is 1. The Balaban J connectivity index is 2.06. The predicted molar refractivity (Wildman–Crippen MR) is 83.0 cm³/mol. The van der Waals surface area contributed by atoms with Gasteiger partial charge in [0.15, 0.2) is 0 Å². The van der Waals surface area contributed by atoms with Gasteiger partial charge < -0.3 is 15.4 Å². The first-order chi connectivity index (χ1) is 9.73. The number of likely N-dealkylation sites (N-methyl/N-ethyl adjacent to an activating group) is 1. The summed E-state index contributed by atoms with van der Waals surface area (Å²) < 4.78 is 5.33. The molecule has 1 aliphatic rings. The third-order valence-corrected chi connectivity index (χ3v) is 4.35. The Morgan fingerprint density at radius 2 is 2.10 bits per heavy atom. The molecule has 2 rings (SSSR count). The minimum absolute atomic E-state index is 0.329. The lowest BCUT2D eigenvalue weighted by molar-refractivity contribution is 0.180. The van der Waals surface area contributed by atoms with Crippen LogP contribution < -0.4 is 10.5 Å². The average Bonchev–Trinajstić information content (AvgIpc) is 2.84. The fourth-order valence-electron chi connectivity index (χ4n) is 3.00. The van der Waals surface area contributed by atoms with E-state index < -0.39 is 0 Å². The van der Waals surface area contributed by atoms with E-state index in [9.17, 15) is 0 Å². The van der Waals surface area contributed by atoms with E-state index in [0.29, 0.717) is 12.6 Å². The van der Waals surface area contributed by atoms with Crippen LogP contribution in [0.3, 0.4) is 0 Å². The van der Waals surface area contributed by atoms with Crippen LogP contribution >= 0.6 is 0 Å². The summed E-state index contributed by atoms with van der Waals surface area (Å²) in [4.78, 5) is 4.94. The molecule has 2 N–H and O–H groups in total. The van der Waals surface area contributed by atoms with Gasteiger partial charge in [0, 0.05) is 32.2 Å². The van der Waals surface area contributed by atoms with Crippen LogP contribution in [-0.4, -0.2) is 49.6 Å². The SMILES string of the molecule is CCN(CC)CCN1Cc2ccc(OC)cc2C1CN. The molecule has 0 aromatic heterocycles. The molecule has 0 spiro atoms. The van der Waals surface area contributed by atoms with Crippen molar-refractivity contribution < 1.29 is 4.74 Å². The van der Waals surface area contributed by atoms with Gasteiger partial charge in [-0.1, -0.05) is 19.9 Å². The smallest absolute Gasteiger partial charge is 0.119 e. The zero-order valence-electron chi connectivity index (χ0n) is 12.9. The second-order valence-electron chi connectivity index (χ2n) is 5.31. The number of ether oxygens (including phenoxy) is 1. The highest BCUT2D eigenvalue weighted by molar-refractivity contribution is 5.40. The standard InChI is InChI=1S/C16H27N3O/c1-4-18(5-2)8-9-19-12-13-6-7-14(20-3)10-15(13)16(19)11-17/h6-7,10,16H,4-5,8-9,11-12,17H2,1-3H3. The molecule has 0 radical (unpaired) electrons. The monoisotopic (exact) mass is 277 g/mol. The second kappa shape index (κ2) is 7.07. The highest BCUT2D eigenvalue weighted by Crippen LogP contribution is 2.34. The number of methoxy groups -OCH3 is 1. The third-order valence-electron chi connectivity index (χ3n) is 4.35. The number of nitrogens with two attached hydrogens (primary N) is 1. The van der Waals surface area contributed by atoms with E-state index in [-0.39, 0.29) is 0 Å². The minimum Gasteiger partial charge on any atom is -0.497 e. The van der Waals surface area contributed by atoms with Crippen LogP contribution in [0.1, 0.15) is 31.0 Å². The zero-order chi connectivity index (χ0) is 14.5. The van der Waals surface area contributed by atoms with Crippen LogP contribution in [0.4, 0.5) is 0 Å². The molecule has 112 valence electrons. The van der Waals surface area contributed by atoms with Gasteiger partial charge in [0.1, 0.15) is 5.75 Å². The fraction of sp³-hybridized carbons (Fsp3) is 0.625. The third kappa shape index (κ3) is 3.14. The van der Waals surface area contributed by atoms with Crippen LogP contribution in [0.2, 0.25) is 0 Å². The van der Waals surface area contributed by atoms with E-state index in [1.54, 1.807) is 7.11 Å². The van der Waals surface area contributed by atoms with Gasteiger partial charge in [0.2, 0.25) is 0 Å². The van der Waals surface area contributed by atoms with Crippen molar-refractivity contribution in [2.24, 2.45) is 5.73 Å². The number of fused-ring (bicyclic) bond motifs is 1. The summed E-state index contributed by atoms with van der Waals surface area (Å²) >= 11 is 0. The maximum absolute atomic E-state index is 6.01. The number of hydrogen-bond acceptors (Lipinski definition) is 4. The van der Waals surface area contributed by atoms with E-state index in [1.165, 1.54) is 11.1 Å². The predicted octanol–water partition coefficient (Wildman–Crippen LogP) is 1.85. The molecule has 1 aromatic rings. The van der Waals surface area contributed by atoms with Crippen molar-refractivity contribution in [2.45, 2.75) is 26.4 Å². The quantitative estimate of drug-likeness (QED) is 0.826. The Kier molecular flexibility index (Phi) is 5.40. The first-order valence-electron chi connectivity index (χ1n) is 7.56. The Labute approximate surface area is 122 Å². The second-order valence-corrected chi connectivity index (χ2v) is 5.31. The molecule has 1 heterocycles. The van der Waals surface area contributed by atoms with Crippen LogP contribution in [-0.2, 0) is 6.54 Å². The van der Waals surface area contributed by atoms with Gasteiger partial charge in [-0.3, -0.25) is 4.90 Å². The normalized spacial score (nSPS) is 18.6. The van der Waals surface area contributed by atoms with Crippen molar-refractivity contribution in [3.8, 4) is 5.75 Å². The van der Waals surface area contributed by atoms with Crippen molar-refractivity contribution in [3.05, 3.63) is 29.3 Å². The summed E-state index contributed by atoms with van der Waals surface area (Å²) in [5.74, 6) is 0.924. The number of nitrogens with zero attached hydrogens (tertiary/aromatic N) is 2. The lowest BCUT2D eigenvalue weighted by atomic mass is 10.0. The first kappa shape index (κ1) is 15.3. The summed E-state index contributed by atoms with van der Waals surface area (Å²) in [6.07, 6.45) is 0. The lowest BCUT2D eigenvalue weighted by Gasteiger charge is -2.27. The number of rotatable bonds is 7. The largest absolute Gasteiger partial charge is 0.497 e. The van der Waals surface area contributed by atoms with Crippen LogP contribution in [0.5, 0.6) is 5.75 Å². The van der Waals surface area contributed by atoms with Crippen LogP contribution in [0.15, 0.2) is 18.2 Å². The minimum atomic E-state index is 0.329. The zero-order valence-corrected chi connectivity index (χ0v) is 12.9. The molecule has 0 bridgehead atoms. The Morgan fingerprint density at radius 1 is 1.35 bits per heavy atom. The fourth-order valence-corrected chi connectivity index (χ4v) is 3.00. The van der Waals surface area contributed by atoms with Crippen molar-refractivity contribution in [2.75, 3.05) is 39.8 Å². The molecule has 0 aliphatic carbocycles. The van der Waals surface area contributed by atoms with E-state index >= 15 is 0 Å². The first-order valence-corrected chi connectivity index (χ1v) is 7.56. The molecule has 20 heavy (non-hydrogen) atoms. The van der Waals surface area contributed by atoms with Gasteiger partial charge in [-0.2, -0.15) is 0 Å². The van der Waals surface area contributed by atoms with Crippen LogP contribution in [0, 0.1) is 0 Å². The van der Waals surface area contributed by atoms with Crippen molar-refractivity contribution in [3.63, 3.8) is 0 Å². The van der Waals surface area contributed by atoms with Gasteiger partial charge in [-0.05, 0) is 36.3 Å². The molecule has 1 atom stereocenters. The topological polar surface area (TPSA) is 41.7 Å². The Hall–Kier alpha value is -1.10. The highest BCUT2D eigenvalue weighted by Gasteiger charge is 2.29. The van der Waals surface area contributed by atoms with Crippen molar-refractivity contribution in [1.82, 2.24) is 9.80 Å². The van der Waals surface area contributed by atoms with Gasteiger partial charge in [-0.15, -0.1) is 0 Å². The van der Waals surface area contributed by atoms with Crippen LogP contribution in [0.25, 0.3) is 0 Å². The molecule has 1 aliphatic heterocycles. The molecule has 4 nitrogen and oxygen atoms in total. The molecular formula is C16H27N3O. The van der Waals surface area contributed by atoms with Gasteiger partial charge >= 0.3 is 0 Å². The maximum atomic E-state index is 6.01. The van der Waals surface area contributed by atoms with Gasteiger partial charge in [0.05, 0.1) is 7.11 Å². The van der Waals surface area contributed by atoms with E-state index in [2.05, 4.69) is 35.8 Å². The lowest BCUT2D eigenvalue weighted by Crippen LogP contribution is -2.36. The Bertz CT molecular complexity index is 432. The van der Waals surface area contributed by atoms with E-state index in [1.807, 2.05) is 6.07 Å². The molecule has 0 saturated carbocycles.